The van der Waals surface area contributed by atoms with Crippen molar-refractivity contribution in [3.63, 3.8) is 0 Å². The molecular weight excluding hydrogens is 464 g/mol. The smallest absolute Gasteiger partial charge is 0.338 e. The van der Waals surface area contributed by atoms with Gasteiger partial charge < -0.3 is 9.30 Å². The van der Waals surface area contributed by atoms with Gasteiger partial charge in [0.15, 0.2) is 11.6 Å². The number of fused-ring (bicyclic) bond motifs is 1. The summed E-state index contributed by atoms with van der Waals surface area (Å²) in [5.41, 5.74) is 2.63. The minimum atomic E-state index is -4.15. The zero-order valence-electron chi connectivity index (χ0n) is 18.4. The highest BCUT2D eigenvalue weighted by Crippen LogP contribution is 2.28. The zero-order chi connectivity index (χ0) is 24.5. The molecule has 4 aromatic rings. The molecule has 0 spiro atoms. The van der Waals surface area contributed by atoms with E-state index in [1.807, 2.05) is 11.5 Å². The molecule has 10 heteroatoms. The first-order valence-electron chi connectivity index (χ1n) is 10.5. The summed E-state index contributed by atoms with van der Waals surface area (Å²) < 4.78 is 61.4. The van der Waals surface area contributed by atoms with Gasteiger partial charge in [-0.3, -0.25) is 4.72 Å². The van der Waals surface area contributed by atoms with E-state index in [4.69, 9.17) is 4.74 Å². The number of carbonyl (C=O) groups excluding carboxylic acids is 1. The Labute approximate surface area is 195 Å². The third-order valence-corrected chi connectivity index (χ3v) is 6.53. The van der Waals surface area contributed by atoms with Crippen LogP contribution in [0.15, 0.2) is 65.6 Å². The first kappa shape index (κ1) is 23.4. The van der Waals surface area contributed by atoms with Crippen LogP contribution in [0.2, 0.25) is 0 Å². The number of hydrogen-bond donors (Lipinski definition) is 1. The number of esters is 1. The summed E-state index contributed by atoms with van der Waals surface area (Å²) in [6.07, 6.45) is 0. The molecule has 0 saturated heterocycles. The SMILES string of the molecule is CCOC(=O)c1ccc2c(c1)nc(-c1cccc(NS(=O)(=O)c3ccc(F)c(F)c3)c1)n2CC. The van der Waals surface area contributed by atoms with Crippen LogP contribution in [-0.4, -0.2) is 30.5 Å². The van der Waals surface area contributed by atoms with Gasteiger partial charge in [-0.25, -0.2) is 27.0 Å². The molecule has 0 fully saturated rings. The van der Waals surface area contributed by atoms with Gasteiger partial charge in [0.25, 0.3) is 10.0 Å². The quantitative estimate of drug-likeness (QED) is 0.373. The van der Waals surface area contributed by atoms with Crippen LogP contribution >= 0.6 is 0 Å². The molecule has 1 heterocycles. The summed E-state index contributed by atoms with van der Waals surface area (Å²) in [5.74, 6) is -2.25. The summed E-state index contributed by atoms with van der Waals surface area (Å²) in [6, 6.07) is 14.0. The number of hydrogen-bond acceptors (Lipinski definition) is 5. The van der Waals surface area contributed by atoms with Crippen molar-refractivity contribution in [3.05, 3.63) is 77.9 Å². The molecular formula is C24H21F2N3O4S. The molecule has 34 heavy (non-hydrogen) atoms. The molecule has 176 valence electrons. The fourth-order valence-corrected chi connectivity index (χ4v) is 4.65. The van der Waals surface area contributed by atoms with E-state index in [1.54, 1.807) is 49.4 Å². The van der Waals surface area contributed by atoms with E-state index in [-0.39, 0.29) is 12.3 Å². The van der Waals surface area contributed by atoms with Crippen LogP contribution < -0.4 is 4.72 Å². The molecule has 0 bridgehead atoms. The maximum absolute atomic E-state index is 13.5. The van der Waals surface area contributed by atoms with Crippen LogP contribution in [0.5, 0.6) is 0 Å². The second kappa shape index (κ2) is 9.22. The molecule has 0 aliphatic heterocycles. The van der Waals surface area contributed by atoms with Gasteiger partial charge in [0.2, 0.25) is 0 Å². The van der Waals surface area contributed by atoms with E-state index in [1.165, 1.54) is 0 Å². The number of anilines is 1. The minimum absolute atomic E-state index is 0.226. The fraction of sp³-hybridized carbons (Fsp3) is 0.167. The summed E-state index contributed by atoms with van der Waals surface area (Å²) in [4.78, 5) is 16.3. The number of imidazole rings is 1. The average Bonchev–Trinajstić information content (AvgIpc) is 3.18. The first-order valence-corrected chi connectivity index (χ1v) is 12.0. The van der Waals surface area contributed by atoms with Crippen LogP contribution in [0.1, 0.15) is 24.2 Å². The van der Waals surface area contributed by atoms with Gasteiger partial charge in [0.1, 0.15) is 5.82 Å². The fourth-order valence-electron chi connectivity index (χ4n) is 3.59. The topological polar surface area (TPSA) is 90.3 Å². The lowest BCUT2D eigenvalue weighted by Crippen LogP contribution is -2.13. The Kier molecular flexibility index (Phi) is 6.34. The maximum atomic E-state index is 13.5. The summed E-state index contributed by atoms with van der Waals surface area (Å²) in [5, 5.41) is 0. The number of aryl methyl sites for hydroxylation is 1. The number of halogens is 2. The molecule has 4 rings (SSSR count). The molecule has 0 saturated carbocycles. The number of ether oxygens (including phenoxy) is 1. The lowest BCUT2D eigenvalue weighted by atomic mass is 10.2. The largest absolute Gasteiger partial charge is 0.462 e. The van der Waals surface area contributed by atoms with Crippen molar-refractivity contribution >= 4 is 32.7 Å². The van der Waals surface area contributed by atoms with Crippen LogP contribution in [0.3, 0.4) is 0 Å². The number of aromatic nitrogens is 2. The number of benzene rings is 3. The third-order valence-electron chi connectivity index (χ3n) is 5.15. The van der Waals surface area contributed by atoms with Crippen molar-refractivity contribution in [2.45, 2.75) is 25.3 Å². The number of carbonyl (C=O) groups is 1. The lowest BCUT2D eigenvalue weighted by molar-refractivity contribution is 0.0526. The molecule has 0 unspecified atom stereocenters. The van der Waals surface area contributed by atoms with Crippen molar-refractivity contribution < 1.29 is 26.7 Å². The predicted octanol–water partition coefficient (Wildman–Crippen LogP) is 4.98. The third kappa shape index (κ3) is 4.49. The lowest BCUT2D eigenvalue weighted by Gasteiger charge is -2.11. The van der Waals surface area contributed by atoms with Crippen LogP contribution in [0, 0.1) is 11.6 Å². The second-order valence-corrected chi connectivity index (χ2v) is 9.05. The van der Waals surface area contributed by atoms with Crippen molar-refractivity contribution in [1.29, 1.82) is 0 Å². The second-order valence-electron chi connectivity index (χ2n) is 7.37. The van der Waals surface area contributed by atoms with Gasteiger partial charge in [-0.1, -0.05) is 12.1 Å². The molecule has 0 aliphatic rings. The molecule has 0 amide bonds. The van der Waals surface area contributed by atoms with E-state index in [2.05, 4.69) is 9.71 Å². The Morgan fingerprint density at radius 3 is 2.53 bits per heavy atom. The number of sulfonamides is 1. The Morgan fingerprint density at radius 1 is 1.03 bits per heavy atom. The van der Waals surface area contributed by atoms with Crippen molar-refractivity contribution in [2.75, 3.05) is 11.3 Å². The van der Waals surface area contributed by atoms with Crippen LogP contribution in [-0.2, 0) is 21.3 Å². The van der Waals surface area contributed by atoms with E-state index >= 15 is 0 Å². The highest BCUT2D eigenvalue weighted by molar-refractivity contribution is 7.92. The van der Waals surface area contributed by atoms with Gasteiger partial charge in [-0.2, -0.15) is 0 Å². The van der Waals surface area contributed by atoms with E-state index in [0.29, 0.717) is 35.1 Å². The van der Waals surface area contributed by atoms with Crippen LogP contribution in [0.25, 0.3) is 22.4 Å². The Morgan fingerprint density at radius 2 is 1.82 bits per heavy atom. The Bertz CT molecular complexity index is 1500. The molecule has 7 nitrogen and oxygen atoms in total. The average molecular weight is 486 g/mol. The minimum Gasteiger partial charge on any atom is -0.462 e. The van der Waals surface area contributed by atoms with Crippen LogP contribution in [0.4, 0.5) is 14.5 Å². The van der Waals surface area contributed by atoms with Crippen molar-refractivity contribution in [1.82, 2.24) is 9.55 Å². The van der Waals surface area contributed by atoms with Gasteiger partial charge >= 0.3 is 5.97 Å². The molecule has 0 radical (unpaired) electrons. The van der Waals surface area contributed by atoms with Gasteiger partial charge in [0.05, 0.1) is 28.1 Å². The highest BCUT2D eigenvalue weighted by Gasteiger charge is 2.19. The number of rotatable bonds is 7. The van der Waals surface area contributed by atoms with Gasteiger partial charge in [-0.05, 0) is 62.4 Å². The standard InChI is InChI=1S/C24H21F2N3O4S/c1-3-29-22-11-8-16(24(30)33-4-2)13-21(22)27-23(29)15-6-5-7-17(12-15)28-34(31,32)18-9-10-19(25)20(26)14-18/h5-14,28H,3-4H2,1-2H3. The molecule has 0 atom stereocenters. The molecule has 0 aliphatic carbocycles. The molecule has 1 aromatic heterocycles. The predicted molar refractivity (Wildman–Crippen MR) is 124 cm³/mol. The normalized spacial score (nSPS) is 11.5. The summed E-state index contributed by atoms with van der Waals surface area (Å²) in [6.45, 7) is 4.52. The van der Waals surface area contributed by atoms with Crippen molar-refractivity contribution in [3.8, 4) is 11.4 Å². The van der Waals surface area contributed by atoms with Gasteiger partial charge in [0, 0.05) is 17.8 Å². The number of nitrogens with zero attached hydrogens (tertiary/aromatic N) is 2. The van der Waals surface area contributed by atoms with E-state index < -0.39 is 32.5 Å². The number of nitrogens with one attached hydrogen (secondary N) is 1. The molecule has 3 aromatic carbocycles. The Hall–Kier alpha value is -3.79. The molecule has 1 N–H and O–H groups in total. The van der Waals surface area contributed by atoms with E-state index in [0.717, 1.165) is 17.6 Å². The summed E-state index contributed by atoms with van der Waals surface area (Å²) in [7, 11) is -4.15. The zero-order valence-corrected chi connectivity index (χ0v) is 19.2. The summed E-state index contributed by atoms with van der Waals surface area (Å²) >= 11 is 0. The first-order chi connectivity index (χ1) is 16.2. The maximum Gasteiger partial charge on any atom is 0.338 e. The van der Waals surface area contributed by atoms with Crippen molar-refractivity contribution in [2.24, 2.45) is 0 Å². The Balaban J connectivity index is 1.71. The monoisotopic (exact) mass is 485 g/mol. The highest BCUT2D eigenvalue weighted by atomic mass is 32.2. The van der Waals surface area contributed by atoms with Gasteiger partial charge in [-0.15, -0.1) is 0 Å². The van der Waals surface area contributed by atoms with E-state index in [9.17, 15) is 22.0 Å².